The molecule has 4 atom stereocenters. The smallest absolute Gasteiger partial charge is 0.192 e. The van der Waals surface area contributed by atoms with Gasteiger partial charge in [-0.25, -0.2) is 0 Å². The van der Waals surface area contributed by atoms with Crippen molar-refractivity contribution >= 4 is 16.6 Å². The van der Waals surface area contributed by atoms with Crippen LogP contribution in [0.15, 0.2) is 12.7 Å². The largest absolute Gasteiger partial charge is 0.417 e. The van der Waals surface area contributed by atoms with Gasteiger partial charge in [-0.15, -0.1) is 6.58 Å². The van der Waals surface area contributed by atoms with E-state index >= 15 is 0 Å². The van der Waals surface area contributed by atoms with Crippen LogP contribution >= 0.6 is 0 Å². The van der Waals surface area contributed by atoms with E-state index in [1.807, 2.05) is 13.0 Å². The first-order valence-corrected chi connectivity index (χ1v) is 17.3. The number of aliphatic hydroxyl groups excluding tert-OH is 1. The Morgan fingerprint density at radius 3 is 1.76 bits per heavy atom. The quantitative estimate of drug-likeness (QED) is 0.252. The highest BCUT2D eigenvalue weighted by Crippen LogP contribution is 2.40. The van der Waals surface area contributed by atoms with Crippen LogP contribution in [0.4, 0.5) is 0 Å². The molecule has 1 N–H and O–H groups in total. The van der Waals surface area contributed by atoms with Crippen LogP contribution in [0.25, 0.3) is 0 Å². The molecule has 0 unspecified atom stereocenters. The fraction of sp³-hybridized carbons (Fsp3) is 0.917. The van der Waals surface area contributed by atoms with Crippen LogP contribution in [0.2, 0.25) is 36.3 Å². The molecule has 0 bridgehead atoms. The molecule has 0 aliphatic rings. The lowest BCUT2D eigenvalue weighted by molar-refractivity contribution is 0.0729. The average Bonchev–Trinajstić information content (AvgIpc) is 2.55. The molecule has 0 amide bonds. The Morgan fingerprint density at radius 1 is 0.862 bits per heavy atom. The molecular weight excluding hydrogens is 392 g/mol. The second-order valence-corrected chi connectivity index (χ2v) is 21.6. The van der Waals surface area contributed by atoms with E-state index in [1.165, 1.54) is 0 Å². The van der Waals surface area contributed by atoms with Gasteiger partial charge in [-0.05, 0) is 67.4 Å². The second-order valence-electron chi connectivity index (χ2n) is 12.0. The normalized spacial score (nSPS) is 18.2. The Kier molecular flexibility index (Phi) is 11.1. The Balaban J connectivity index is 5.18. The lowest BCUT2D eigenvalue weighted by Crippen LogP contribution is -2.46. The molecule has 0 aromatic heterocycles. The fourth-order valence-corrected chi connectivity index (χ4v) is 5.22. The van der Waals surface area contributed by atoms with Gasteiger partial charge in [-0.1, -0.05) is 61.5 Å². The predicted octanol–water partition coefficient (Wildman–Crippen LogP) is 7.39. The van der Waals surface area contributed by atoms with E-state index in [1.54, 1.807) is 0 Å². The van der Waals surface area contributed by atoms with Crippen molar-refractivity contribution in [3.8, 4) is 0 Å². The summed E-state index contributed by atoms with van der Waals surface area (Å²) in [7, 11) is -3.62. The zero-order valence-electron chi connectivity index (χ0n) is 21.7. The molecule has 3 nitrogen and oxygen atoms in total. The van der Waals surface area contributed by atoms with Crippen LogP contribution in [0.3, 0.4) is 0 Å². The molecule has 0 aromatic rings. The van der Waals surface area contributed by atoms with E-state index in [9.17, 15) is 5.11 Å². The molecule has 0 aliphatic carbocycles. The first-order valence-electron chi connectivity index (χ1n) is 11.5. The van der Waals surface area contributed by atoms with E-state index in [2.05, 4.69) is 81.2 Å². The van der Waals surface area contributed by atoms with Crippen molar-refractivity contribution in [2.75, 3.05) is 6.61 Å². The van der Waals surface area contributed by atoms with Gasteiger partial charge in [0.2, 0.25) is 0 Å². The van der Waals surface area contributed by atoms with Gasteiger partial charge in [0, 0.05) is 12.7 Å². The van der Waals surface area contributed by atoms with Gasteiger partial charge >= 0.3 is 0 Å². The van der Waals surface area contributed by atoms with Crippen molar-refractivity contribution in [1.29, 1.82) is 0 Å². The van der Waals surface area contributed by atoms with Crippen LogP contribution in [0, 0.1) is 11.8 Å². The third-order valence-electron chi connectivity index (χ3n) is 7.45. The number of hydrogen-bond acceptors (Lipinski definition) is 3. The molecule has 5 heteroatoms. The highest BCUT2D eigenvalue weighted by Gasteiger charge is 2.41. The van der Waals surface area contributed by atoms with Gasteiger partial charge in [0.25, 0.3) is 0 Å². The zero-order chi connectivity index (χ0) is 23.3. The number of rotatable bonds is 12. The highest BCUT2D eigenvalue weighted by molar-refractivity contribution is 6.74. The summed E-state index contributed by atoms with van der Waals surface area (Å²) in [5.74, 6) is 0.516. The van der Waals surface area contributed by atoms with Crippen molar-refractivity contribution in [3.63, 3.8) is 0 Å². The van der Waals surface area contributed by atoms with Gasteiger partial charge in [0.1, 0.15) is 0 Å². The fourth-order valence-electron chi connectivity index (χ4n) is 2.70. The molecule has 0 aliphatic heterocycles. The van der Waals surface area contributed by atoms with Gasteiger partial charge in [0.05, 0.1) is 6.10 Å². The van der Waals surface area contributed by atoms with Crippen molar-refractivity contribution in [3.05, 3.63) is 12.7 Å². The number of aliphatic hydroxyl groups is 1. The van der Waals surface area contributed by atoms with Gasteiger partial charge in [-0.3, -0.25) is 0 Å². The average molecular weight is 445 g/mol. The van der Waals surface area contributed by atoms with Crippen molar-refractivity contribution < 1.29 is 14.0 Å². The molecule has 0 rings (SSSR count). The summed E-state index contributed by atoms with van der Waals surface area (Å²) in [6.45, 7) is 31.9. The third-order valence-corrected chi connectivity index (χ3v) is 16.5. The first-order chi connectivity index (χ1) is 12.9. The van der Waals surface area contributed by atoms with Gasteiger partial charge in [0.15, 0.2) is 16.6 Å². The predicted molar refractivity (Wildman–Crippen MR) is 134 cm³/mol. The van der Waals surface area contributed by atoms with E-state index in [4.69, 9.17) is 8.85 Å². The maximum atomic E-state index is 10.4. The van der Waals surface area contributed by atoms with Crippen molar-refractivity contribution in [1.82, 2.24) is 0 Å². The Morgan fingerprint density at radius 2 is 1.34 bits per heavy atom. The minimum absolute atomic E-state index is 0.129. The zero-order valence-corrected chi connectivity index (χ0v) is 23.7. The Bertz CT molecular complexity index is 489. The minimum Gasteiger partial charge on any atom is -0.417 e. The summed E-state index contributed by atoms with van der Waals surface area (Å²) in [5.41, 5.74) is 0. The molecule has 0 heterocycles. The Hall–Kier alpha value is 0.0538. The molecule has 0 saturated carbocycles. The third kappa shape index (κ3) is 9.38. The lowest BCUT2D eigenvalue weighted by Gasteiger charge is -2.42. The minimum atomic E-state index is -1.87. The lowest BCUT2D eigenvalue weighted by atomic mass is 9.92. The summed E-state index contributed by atoms with van der Waals surface area (Å²) in [5, 5.41) is 10.8. The van der Waals surface area contributed by atoms with E-state index in [-0.39, 0.29) is 28.2 Å². The van der Waals surface area contributed by atoms with Crippen LogP contribution in [0.1, 0.15) is 74.7 Å². The van der Waals surface area contributed by atoms with Crippen molar-refractivity contribution in [2.45, 2.75) is 123 Å². The second kappa shape index (κ2) is 11.1. The van der Waals surface area contributed by atoms with Crippen LogP contribution < -0.4 is 0 Å². The molecular formula is C24H52O3Si2. The maximum absolute atomic E-state index is 10.4. The van der Waals surface area contributed by atoms with Gasteiger partial charge in [-0.2, -0.15) is 0 Å². The molecule has 0 spiro atoms. The monoisotopic (exact) mass is 444 g/mol. The standard InChI is InChI=1S/C24H52O3Si2/c1-14-19(2)21(25)16-15-20(3)22(27-29(12,13)24(7,8)9)17-18-26-28(10,11)23(4,5)6/h14,19-22,25H,1,15-18H2,2-13H3/t19-,20+,21+,22-/m1/s1. The van der Waals surface area contributed by atoms with Crippen LogP contribution in [-0.2, 0) is 8.85 Å². The summed E-state index contributed by atoms with van der Waals surface area (Å²) in [4.78, 5) is 0. The summed E-state index contributed by atoms with van der Waals surface area (Å²) >= 11 is 0. The maximum Gasteiger partial charge on any atom is 0.192 e. The highest BCUT2D eigenvalue weighted by atomic mass is 28.4. The topological polar surface area (TPSA) is 38.7 Å². The van der Waals surface area contributed by atoms with Gasteiger partial charge < -0.3 is 14.0 Å². The Labute approximate surface area is 184 Å². The summed E-state index contributed by atoms with van der Waals surface area (Å²) in [6.07, 6.45) is 4.35. The molecule has 174 valence electrons. The molecule has 0 radical (unpaired) electrons. The summed E-state index contributed by atoms with van der Waals surface area (Å²) < 4.78 is 13.3. The molecule has 0 aromatic carbocycles. The van der Waals surface area contributed by atoms with E-state index in [0.717, 1.165) is 25.9 Å². The molecule has 0 fully saturated rings. The van der Waals surface area contributed by atoms with E-state index in [0.29, 0.717) is 5.92 Å². The molecule has 0 saturated heterocycles. The van der Waals surface area contributed by atoms with E-state index < -0.39 is 16.6 Å². The number of hydrogen-bond donors (Lipinski definition) is 1. The summed E-state index contributed by atoms with van der Waals surface area (Å²) in [6, 6.07) is 0. The van der Waals surface area contributed by atoms with Crippen LogP contribution in [-0.4, -0.2) is 40.6 Å². The van der Waals surface area contributed by atoms with Crippen LogP contribution in [0.5, 0.6) is 0 Å². The van der Waals surface area contributed by atoms with Crippen molar-refractivity contribution in [2.24, 2.45) is 11.8 Å². The SMILES string of the molecule is C=C[C@@H](C)[C@@H](O)CC[C@H](C)[C@@H](CCO[Si](C)(C)C(C)(C)C)O[Si](C)(C)C(C)(C)C. The first kappa shape index (κ1) is 29.1. The molecule has 29 heavy (non-hydrogen) atoms.